The lowest BCUT2D eigenvalue weighted by atomic mass is 10.1. The first kappa shape index (κ1) is 12.5. The summed E-state index contributed by atoms with van der Waals surface area (Å²) in [6.45, 7) is 2.00. The molecular formula is C11H21NO3. The number of carboxylic acids is 1. The van der Waals surface area contributed by atoms with Crippen molar-refractivity contribution in [3.05, 3.63) is 0 Å². The first-order valence-corrected chi connectivity index (χ1v) is 5.69. The highest BCUT2D eigenvalue weighted by Gasteiger charge is 2.28. The largest absolute Gasteiger partial charge is 0.480 e. The minimum Gasteiger partial charge on any atom is -0.480 e. The maximum atomic E-state index is 10.9. The summed E-state index contributed by atoms with van der Waals surface area (Å²) in [7, 11) is 1.72. The predicted octanol–water partition coefficient (Wildman–Crippen LogP) is 1.40. The van der Waals surface area contributed by atoms with Crippen LogP contribution in [0.15, 0.2) is 0 Å². The van der Waals surface area contributed by atoms with Gasteiger partial charge in [-0.1, -0.05) is 13.3 Å². The van der Waals surface area contributed by atoms with Gasteiger partial charge in [0.1, 0.15) is 6.04 Å². The fraction of sp³-hybridized carbons (Fsp3) is 0.909. The van der Waals surface area contributed by atoms with Crippen molar-refractivity contribution in [2.75, 3.05) is 7.11 Å². The van der Waals surface area contributed by atoms with Crippen LogP contribution in [0.1, 0.15) is 39.0 Å². The maximum Gasteiger partial charge on any atom is 0.320 e. The average Bonchev–Trinajstić information content (AvgIpc) is 2.65. The van der Waals surface area contributed by atoms with Crippen molar-refractivity contribution in [1.29, 1.82) is 0 Å². The Morgan fingerprint density at radius 2 is 2.33 bits per heavy atom. The normalized spacial score (nSPS) is 27.9. The molecule has 88 valence electrons. The van der Waals surface area contributed by atoms with Gasteiger partial charge in [0, 0.05) is 13.2 Å². The molecule has 3 atom stereocenters. The monoisotopic (exact) mass is 215 g/mol. The molecule has 15 heavy (non-hydrogen) atoms. The van der Waals surface area contributed by atoms with Gasteiger partial charge in [0.25, 0.3) is 0 Å². The Morgan fingerprint density at radius 3 is 2.80 bits per heavy atom. The van der Waals surface area contributed by atoms with Gasteiger partial charge in [0.2, 0.25) is 0 Å². The van der Waals surface area contributed by atoms with Gasteiger partial charge in [-0.2, -0.15) is 0 Å². The number of carboxylic acid groups (broad SMARTS) is 1. The molecule has 0 bridgehead atoms. The van der Waals surface area contributed by atoms with Gasteiger partial charge in [-0.05, 0) is 25.7 Å². The van der Waals surface area contributed by atoms with E-state index in [2.05, 4.69) is 5.32 Å². The molecule has 0 amide bonds. The molecule has 0 aromatic rings. The van der Waals surface area contributed by atoms with Gasteiger partial charge < -0.3 is 15.2 Å². The number of aliphatic carboxylic acids is 1. The maximum absolute atomic E-state index is 10.9. The molecule has 0 saturated heterocycles. The standard InChI is InChI=1S/C11H21NO3/c1-3-4-10(11(13)14)12-8-5-6-9(7-8)15-2/h8-10,12H,3-7H2,1-2H3,(H,13,14). The molecule has 1 aliphatic rings. The van der Waals surface area contributed by atoms with E-state index in [0.29, 0.717) is 18.6 Å². The van der Waals surface area contributed by atoms with E-state index in [1.165, 1.54) is 0 Å². The topological polar surface area (TPSA) is 58.6 Å². The third kappa shape index (κ3) is 3.80. The molecule has 3 unspecified atom stereocenters. The number of nitrogens with one attached hydrogen (secondary N) is 1. The summed E-state index contributed by atoms with van der Waals surface area (Å²) in [5, 5.41) is 12.2. The Hall–Kier alpha value is -0.610. The fourth-order valence-corrected chi connectivity index (χ4v) is 2.16. The van der Waals surface area contributed by atoms with Crippen LogP contribution in [-0.2, 0) is 9.53 Å². The van der Waals surface area contributed by atoms with E-state index >= 15 is 0 Å². The third-order valence-corrected chi connectivity index (χ3v) is 3.03. The Labute approximate surface area is 91.0 Å². The summed E-state index contributed by atoms with van der Waals surface area (Å²) < 4.78 is 5.26. The van der Waals surface area contributed by atoms with E-state index in [1.54, 1.807) is 7.11 Å². The lowest BCUT2D eigenvalue weighted by Gasteiger charge is -2.19. The molecule has 0 aromatic carbocycles. The Kier molecular flexibility index (Phi) is 5.05. The van der Waals surface area contributed by atoms with Gasteiger partial charge in [0.05, 0.1) is 6.10 Å². The lowest BCUT2D eigenvalue weighted by molar-refractivity contribution is -0.139. The zero-order valence-electron chi connectivity index (χ0n) is 9.53. The van der Waals surface area contributed by atoms with Crippen LogP contribution < -0.4 is 5.32 Å². The highest BCUT2D eigenvalue weighted by Crippen LogP contribution is 2.22. The van der Waals surface area contributed by atoms with E-state index in [9.17, 15) is 4.79 Å². The minimum atomic E-state index is -0.738. The number of ether oxygens (including phenoxy) is 1. The highest BCUT2D eigenvalue weighted by molar-refractivity contribution is 5.73. The van der Waals surface area contributed by atoms with Crippen molar-refractivity contribution in [3.63, 3.8) is 0 Å². The van der Waals surface area contributed by atoms with Crippen molar-refractivity contribution in [2.45, 2.75) is 57.2 Å². The molecule has 1 aliphatic carbocycles. The summed E-state index contributed by atoms with van der Waals surface area (Å²) in [4.78, 5) is 10.9. The fourth-order valence-electron chi connectivity index (χ4n) is 2.16. The molecule has 0 aliphatic heterocycles. The molecule has 0 heterocycles. The van der Waals surface area contributed by atoms with Gasteiger partial charge in [-0.15, -0.1) is 0 Å². The second kappa shape index (κ2) is 6.08. The number of rotatable bonds is 6. The van der Waals surface area contributed by atoms with Crippen molar-refractivity contribution in [2.24, 2.45) is 0 Å². The molecule has 0 radical (unpaired) electrons. The Balaban J connectivity index is 2.35. The highest BCUT2D eigenvalue weighted by atomic mass is 16.5. The van der Waals surface area contributed by atoms with Crippen molar-refractivity contribution < 1.29 is 14.6 Å². The Bertz CT molecular complexity index is 208. The molecule has 2 N–H and O–H groups in total. The summed E-state index contributed by atoms with van der Waals surface area (Å²) in [6.07, 6.45) is 4.88. The molecule has 4 nitrogen and oxygen atoms in total. The quantitative estimate of drug-likeness (QED) is 0.703. The molecule has 1 fully saturated rings. The number of methoxy groups -OCH3 is 1. The van der Waals surface area contributed by atoms with Crippen LogP contribution in [-0.4, -0.2) is 36.4 Å². The van der Waals surface area contributed by atoms with Gasteiger partial charge in [0.15, 0.2) is 0 Å². The third-order valence-electron chi connectivity index (χ3n) is 3.03. The zero-order valence-corrected chi connectivity index (χ0v) is 9.53. The molecule has 1 saturated carbocycles. The van der Waals surface area contributed by atoms with Crippen LogP contribution in [0, 0.1) is 0 Å². The molecule has 0 spiro atoms. The van der Waals surface area contributed by atoms with Crippen LogP contribution in [0.2, 0.25) is 0 Å². The van der Waals surface area contributed by atoms with Crippen LogP contribution in [0.3, 0.4) is 0 Å². The second-order valence-electron chi connectivity index (χ2n) is 4.21. The zero-order chi connectivity index (χ0) is 11.3. The number of hydrogen-bond acceptors (Lipinski definition) is 3. The van der Waals surface area contributed by atoms with E-state index in [-0.39, 0.29) is 0 Å². The van der Waals surface area contributed by atoms with Crippen LogP contribution >= 0.6 is 0 Å². The van der Waals surface area contributed by atoms with Crippen molar-refractivity contribution in [1.82, 2.24) is 5.32 Å². The number of carbonyl (C=O) groups is 1. The van der Waals surface area contributed by atoms with Crippen LogP contribution in [0.4, 0.5) is 0 Å². The van der Waals surface area contributed by atoms with E-state index in [0.717, 1.165) is 25.7 Å². The first-order chi connectivity index (χ1) is 7.17. The predicted molar refractivity (Wildman–Crippen MR) is 57.9 cm³/mol. The van der Waals surface area contributed by atoms with E-state index < -0.39 is 12.0 Å². The Morgan fingerprint density at radius 1 is 1.60 bits per heavy atom. The molecule has 4 heteroatoms. The van der Waals surface area contributed by atoms with E-state index in [1.807, 2.05) is 6.92 Å². The smallest absolute Gasteiger partial charge is 0.320 e. The summed E-state index contributed by atoms with van der Waals surface area (Å²) in [5.41, 5.74) is 0. The summed E-state index contributed by atoms with van der Waals surface area (Å²) >= 11 is 0. The van der Waals surface area contributed by atoms with Gasteiger partial charge in [-0.25, -0.2) is 0 Å². The molecule has 1 rings (SSSR count). The van der Waals surface area contributed by atoms with Crippen LogP contribution in [0.25, 0.3) is 0 Å². The van der Waals surface area contributed by atoms with E-state index in [4.69, 9.17) is 9.84 Å². The minimum absolute atomic E-state index is 0.304. The molecular weight excluding hydrogens is 194 g/mol. The van der Waals surface area contributed by atoms with Crippen LogP contribution in [0.5, 0.6) is 0 Å². The van der Waals surface area contributed by atoms with Gasteiger partial charge >= 0.3 is 5.97 Å². The first-order valence-electron chi connectivity index (χ1n) is 5.69. The van der Waals surface area contributed by atoms with Crippen molar-refractivity contribution in [3.8, 4) is 0 Å². The molecule has 0 aromatic heterocycles. The lowest BCUT2D eigenvalue weighted by Crippen LogP contribution is -2.42. The summed E-state index contributed by atoms with van der Waals surface area (Å²) in [6, 6.07) is -0.0850. The summed E-state index contributed by atoms with van der Waals surface area (Å²) in [5.74, 6) is -0.738. The SMILES string of the molecule is CCCC(NC1CCC(OC)C1)C(=O)O. The van der Waals surface area contributed by atoms with Crippen molar-refractivity contribution >= 4 is 5.97 Å². The van der Waals surface area contributed by atoms with Gasteiger partial charge in [-0.3, -0.25) is 4.79 Å². The number of hydrogen-bond donors (Lipinski definition) is 2. The second-order valence-corrected chi connectivity index (χ2v) is 4.21. The average molecular weight is 215 g/mol.